The van der Waals surface area contributed by atoms with Gasteiger partial charge in [0.2, 0.25) is 5.01 Å². The first kappa shape index (κ1) is 20.0. The van der Waals surface area contributed by atoms with Gasteiger partial charge in [-0.25, -0.2) is 0 Å². The van der Waals surface area contributed by atoms with Crippen LogP contribution in [0.1, 0.15) is 23.5 Å². The molecule has 10 heteroatoms. The molecule has 1 atom stereocenters. The third kappa shape index (κ3) is 4.97. The molecule has 2 aromatic heterocycles. The molecule has 0 fully saturated rings. The molecule has 1 N–H and O–H groups in total. The number of pyridine rings is 1. The lowest BCUT2D eigenvalue weighted by Gasteiger charge is -2.08. The highest BCUT2D eigenvalue weighted by molar-refractivity contribution is 8.01. The van der Waals surface area contributed by atoms with Crippen LogP contribution in [0.15, 0.2) is 51.8 Å². The molecule has 0 spiro atoms. The number of hydrogen-bond acceptors (Lipinski definition) is 7. The summed E-state index contributed by atoms with van der Waals surface area (Å²) < 4.78 is 0.429. The molecule has 0 saturated carbocycles. The van der Waals surface area contributed by atoms with E-state index in [-0.39, 0.29) is 11.9 Å². The molecule has 0 amide bonds. The predicted octanol–water partition coefficient (Wildman–Crippen LogP) is 5.76. The Morgan fingerprint density at radius 3 is 2.56 bits per heavy atom. The lowest BCUT2D eigenvalue weighted by atomic mass is 10.2. The fourth-order valence-corrected chi connectivity index (χ4v) is 4.98. The third-order valence-corrected chi connectivity index (χ3v) is 6.93. The van der Waals surface area contributed by atoms with E-state index in [1.807, 2.05) is 37.3 Å². The van der Waals surface area contributed by atoms with Crippen molar-refractivity contribution in [2.45, 2.75) is 28.6 Å². The third-order valence-electron chi connectivity index (χ3n) is 3.60. The van der Waals surface area contributed by atoms with Gasteiger partial charge in [-0.3, -0.25) is 4.98 Å². The van der Waals surface area contributed by atoms with Gasteiger partial charge in [-0.2, -0.15) is 0 Å². The number of rotatable bonds is 7. The van der Waals surface area contributed by atoms with E-state index in [0.717, 1.165) is 17.3 Å². The smallest absolute Gasteiger partial charge is 0.358 e. The summed E-state index contributed by atoms with van der Waals surface area (Å²) in [7, 11) is 0. The monoisotopic (exact) mass is 440 g/mol. The standard InChI is InChI=1S/C17H14Cl2N4O2S2/c1-10(21-7-11-5-3-2-4-6-11)16-22-15(23(24)25)17(27-16)26-14-12(18)8-20-9-13(14)19/h2-6,8-10,21H,7H2,1H3. The van der Waals surface area contributed by atoms with Gasteiger partial charge in [-0.15, -0.1) is 0 Å². The second-order valence-corrected chi connectivity index (χ2v) is 8.67. The van der Waals surface area contributed by atoms with Gasteiger partial charge in [0.15, 0.2) is 4.21 Å². The number of benzene rings is 1. The van der Waals surface area contributed by atoms with Crippen molar-refractivity contribution >= 4 is 52.1 Å². The molecule has 3 rings (SSSR count). The molecule has 0 aliphatic rings. The second kappa shape index (κ2) is 8.99. The second-order valence-electron chi connectivity index (χ2n) is 5.54. The summed E-state index contributed by atoms with van der Waals surface area (Å²) in [4.78, 5) is 19.6. The number of nitrogens with zero attached hydrogens (tertiary/aromatic N) is 3. The summed E-state index contributed by atoms with van der Waals surface area (Å²) >= 11 is 14.6. The summed E-state index contributed by atoms with van der Waals surface area (Å²) in [5, 5.41) is 16.1. The van der Waals surface area contributed by atoms with Crippen LogP contribution in [-0.4, -0.2) is 14.9 Å². The van der Waals surface area contributed by atoms with E-state index in [9.17, 15) is 10.1 Å². The molecule has 140 valence electrons. The quantitative estimate of drug-likeness (QED) is 0.371. The average Bonchev–Trinajstić information content (AvgIpc) is 3.08. The minimum absolute atomic E-state index is 0.147. The van der Waals surface area contributed by atoms with Crippen molar-refractivity contribution in [3.05, 3.63) is 73.5 Å². The summed E-state index contributed by atoms with van der Waals surface area (Å²) in [6.45, 7) is 2.56. The van der Waals surface area contributed by atoms with Crippen LogP contribution in [0.2, 0.25) is 10.0 Å². The van der Waals surface area contributed by atoms with Crippen LogP contribution in [0, 0.1) is 10.1 Å². The topological polar surface area (TPSA) is 81.0 Å². The number of nitrogens with one attached hydrogen (secondary N) is 1. The van der Waals surface area contributed by atoms with E-state index in [4.69, 9.17) is 23.2 Å². The zero-order valence-corrected chi connectivity index (χ0v) is 17.2. The summed E-state index contributed by atoms with van der Waals surface area (Å²) in [5.74, 6) is -0.197. The number of hydrogen-bond donors (Lipinski definition) is 1. The van der Waals surface area contributed by atoms with Gasteiger partial charge >= 0.3 is 5.82 Å². The maximum atomic E-state index is 11.4. The Balaban J connectivity index is 1.81. The predicted molar refractivity (Wildman–Crippen MR) is 109 cm³/mol. The zero-order chi connectivity index (χ0) is 19.4. The first-order valence-corrected chi connectivity index (χ1v) is 10.2. The molecule has 0 bridgehead atoms. The Labute approximate surface area is 174 Å². The highest BCUT2D eigenvalue weighted by atomic mass is 35.5. The van der Waals surface area contributed by atoms with Crippen molar-refractivity contribution in [2.75, 3.05) is 0 Å². The van der Waals surface area contributed by atoms with Gasteiger partial charge < -0.3 is 15.4 Å². The maximum absolute atomic E-state index is 11.4. The Morgan fingerprint density at radius 2 is 1.93 bits per heavy atom. The number of nitro groups is 1. The maximum Gasteiger partial charge on any atom is 0.389 e. The summed E-state index contributed by atoms with van der Waals surface area (Å²) in [6, 6.07) is 9.76. The zero-order valence-electron chi connectivity index (χ0n) is 14.1. The molecule has 0 aliphatic carbocycles. The van der Waals surface area contributed by atoms with Crippen molar-refractivity contribution in [1.82, 2.24) is 15.3 Å². The van der Waals surface area contributed by atoms with Gasteiger partial charge in [-0.1, -0.05) is 76.6 Å². The number of aromatic nitrogens is 2. The van der Waals surface area contributed by atoms with Crippen molar-refractivity contribution < 1.29 is 4.92 Å². The molecule has 27 heavy (non-hydrogen) atoms. The first-order valence-electron chi connectivity index (χ1n) is 7.85. The van der Waals surface area contributed by atoms with Crippen molar-refractivity contribution in [2.24, 2.45) is 0 Å². The van der Waals surface area contributed by atoms with Crippen molar-refractivity contribution in [1.29, 1.82) is 0 Å². The molecule has 1 unspecified atom stereocenters. The Bertz CT molecular complexity index is 933. The van der Waals surface area contributed by atoms with Gasteiger partial charge in [0.1, 0.15) is 0 Å². The lowest BCUT2D eigenvalue weighted by Crippen LogP contribution is -2.17. The van der Waals surface area contributed by atoms with Crippen LogP contribution in [0.5, 0.6) is 0 Å². The minimum Gasteiger partial charge on any atom is -0.358 e. The molecule has 0 aliphatic heterocycles. The van der Waals surface area contributed by atoms with Crippen LogP contribution in [0.4, 0.5) is 5.82 Å². The number of halogens is 2. The highest BCUT2D eigenvalue weighted by Crippen LogP contribution is 2.45. The van der Waals surface area contributed by atoms with Crippen LogP contribution < -0.4 is 5.32 Å². The van der Waals surface area contributed by atoms with E-state index in [0.29, 0.717) is 30.7 Å². The first-order chi connectivity index (χ1) is 13.0. The normalized spacial score (nSPS) is 12.1. The van der Waals surface area contributed by atoms with Gasteiger partial charge in [0.05, 0.1) is 21.0 Å². The van der Waals surface area contributed by atoms with Crippen LogP contribution in [-0.2, 0) is 6.54 Å². The molecule has 0 radical (unpaired) electrons. The largest absolute Gasteiger partial charge is 0.389 e. The fraction of sp³-hybridized carbons (Fsp3) is 0.176. The number of thiazole rings is 1. The average molecular weight is 441 g/mol. The molecule has 1 aromatic carbocycles. The van der Waals surface area contributed by atoms with Gasteiger partial charge in [0.25, 0.3) is 0 Å². The summed E-state index contributed by atoms with van der Waals surface area (Å²) in [6.07, 6.45) is 2.90. The van der Waals surface area contributed by atoms with E-state index >= 15 is 0 Å². The Morgan fingerprint density at radius 1 is 1.26 bits per heavy atom. The SMILES string of the molecule is CC(NCc1ccccc1)c1nc([N+](=O)[O-])c(Sc2c(Cl)cncc2Cl)s1. The lowest BCUT2D eigenvalue weighted by molar-refractivity contribution is -0.391. The Kier molecular flexibility index (Phi) is 6.67. The highest BCUT2D eigenvalue weighted by Gasteiger charge is 2.27. The van der Waals surface area contributed by atoms with Crippen LogP contribution in [0.25, 0.3) is 0 Å². The minimum atomic E-state index is -0.491. The van der Waals surface area contributed by atoms with Crippen LogP contribution in [0.3, 0.4) is 0 Å². The van der Waals surface area contributed by atoms with Gasteiger partial charge in [0, 0.05) is 18.9 Å². The Hall–Kier alpha value is -1.71. The van der Waals surface area contributed by atoms with E-state index in [1.54, 1.807) is 0 Å². The van der Waals surface area contributed by atoms with E-state index < -0.39 is 4.92 Å². The molecular formula is C17H14Cl2N4O2S2. The summed E-state index contributed by atoms with van der Waals surface area (Å²) in [5.41, 5.74) is 1.13. The molecular weight excluding hydrogens is 427 g/mol. The van der Waals surface area contributed by atoms with Crippen molar-refractivity contribution in [3.63, 3.8) is 0 Å². The molecule has 3 aromatic rings. The van der Waals surface area contributed by atoms with E-state index in [2.05, 4.69) is 15.3 Å². The molecule has 0 saturated heterocycles. The molecule has 2 heterocycles. The van der Waals surface area contributed by atoms with Crippen molar-refractivity contribution in [3.8, 4) is 0 Å². The van der Waals surface area contributed by atoms with Crippen LogP contribution >= 0.6 is 46.3 Å². The molecule has 6 nitrogen and oxygen atoms in total. The van der Waals surface area contributed by atoms with Gasteiger partial charge in [-0.05, 0) is 22.4 Å². The van der Waals surface area contributed by atoms with E-state index in [1.165, 1.54) is 23.7 Å². The fourth-order valence-electron chi connectivity index (χ4n) is 2.22.